The molecule has 0 radical (unpaired) electrons. The van der Waals surface area contributed by atoms with E-state index in [2.05, 4.69) is 10.3 Å². The van der Waals surface area contributed by atoms with E-state index in [9.17, 15) is 4.79 Å². The topological polar surface area (TPSA) is 77.2 Å². The number of benzene rings is 1. The minimum Gasteiger partial charge on any atom is -0.377 e. The van der Waals surface area contributed by atoms with Gasteiger partial charge in [-0.25, -0.2) is 4.98 Å². The van der Waals surface area contributed by atoms with Crippen molar-refractivity contribution in [2.45, 2.75) is 26.6 Å². The molecular weight excluding hydrogens is 286 g/mol. The predicted octanol–water partition coefficient (Wildman–Crippen LogP) is 2.07. The van der Waals surface area contributed by atoms with Crippen LogP contribution < -0.4 is 11.1 Å². The van der Waals surface area contributed by atoms with E-state index in [4.69, 9.17) is 10.5 Å². The number of nitrogens with one attached hydrogen (secondary N) is 1. The van der Waals surface area contributed by atoms with Crippen molar-refractivity contribution in [1.82, 2.24) is 10.3 Å². The molecule has 0 aliphatic heterocycles. The molecule has 2 aromatic rings. The third-order valence-electron chi connectivity index (χ3n) is 2.98. The van der Waals surface area contributed by atoms with Crippen molar-refractivity contribution in [1.29, 1.82) is 0 Å². The predicted molar refractivity (Wildman–Crippen MR) is 82.9 cm³/mol. The summed E-state index contributed by atoms with van der Waals surface area (Å²) in [6.07, 6.45) is 0. The van der Waals surface area contributed by atoms with Crippen molar-refractivity contribution in [3.8, 4) is 0 Å². The van der Waals surface area contributed by atoms with Crippen LogP contribution in [0.4, 0.5) is 0 Å². The molecule has 1 aromatic heterocycles. The van der Waals surface area contributed by atoms with E-state index in [0.29, 0.717) is 32.0 Å². The van der Waals surface area contributed by atoms with E-state index >= 15 is 0 Å². The molecule has 0 aliphatic rings. The number of aromatic nitrogens is 1. The zero-order valence-corrected chi connectivity index (χ0v) is 12.8. The standard InChI is InChI=1S/C15H19N3O2S/c1-2-20-9-12-6-4-3-5-11(12)8-17-15(19)13-10-21-14(7-16)18-13/h3-6,10H,2,7-9,16H2,1H3,(H,17,19). The van der Waals surface area contributed by atoms with E-state index in [-0.39, 0.29) is 5.91 Å². The number of hydrogen-bond donors (Lipinski definition) is 2. The summed E-state index contributed by atoms with van der Waals surface area (Å²) in [5.74, 6) is -0.183. The maximum absolute atomic E-state index is 12.0. The molecule has 21 heavy (non-hydrogen) atoms. The minimum atomic E-state index is -0.183. The summed E-state index contributed by atoms with van der Waals surface area (Å²) in [7, 11) is 0. The molecule has 0 atom stereocenters. The van der Waals surface area contributed by atoms with Gasteiger partial charge in [0.25, 0.3) is 5.91 Å². The maximum atomic E-state index is 12.0. The first-order valence-corrected chi connectivity index (χ1v) is 7.69. The molecule has 112 valence electrons. The van der Waals surface area contributed by atoms with Gasteiger partial charge in [0, 0.05) is 25.1 Å². The minimum absolute atomic E-state index is 0.183. The molecule has 1 amide bonds. The number of nitrogens with zero attached hydrogens (tertiary/aromatic N) is 1. The van der Waals surface area contributed by atoms with Gasteiger partial charge in [0.2, 0.25) is 0 Å². The molecule has 5 nitrogen and oxygen atoms in total. The Balaban J connectivity index is 1.97. The number of nitrogens with two attached hydrogens (primary N) is 1. The molecule has 0 unspecified atom stereocenters. The highest BCUT2D eigenvalue weighted by atomic mass is 32.1. The van der Waals surface area contributed by atoms with E-state index in [1.807, 2.05) is 31.2 Å². The molecule has 0 saturated heterocycles. The van der Waals surface area contributed by atoms with Crippen molar-refractivity contribution >= 4 is 17.2 Å². The largest absolute Gasteiger partial charge is 0.377 e. The van der Waals surface area contributed by atoms with Crippen LogP contribution in [0.2, 0.25) is 0 Å². The van der Waals surface area contributed by atoms with Gasteiger partial charge in [0.1, 0.15) is 10.7 Å². The second kappa shape index (κ2) is 7.87. The van der Waals surface area contributed by atoms with Crippen LogP contribution in [0, 0.1) is 0 Å². The average Bonchev–Trinajstić information content (AvgIpc) is 3.00. The number of ether oxygens (including phenoxy) is 1. The second-order valence-corrected chi connectivity index (χ2v) is 5.36. The normalized spacial score (nSPS) is 10.6. The van der Waals surface area contributed by atoms with Crippen molar-refractivity contribution in [3.63, 3.8) is 0 Å². The van der Waals surface area contributed by atoms with Crippen LogP contribution in [0.25, 0.3) is 0 Å². The molecule has 0 spiro atoms. The third kappa shape index (κ3) is 4.35. The molecule has 0 aliphatic carbocycles. The molecule has 1 aromatic carbocycles. The summed E-state index contributed by atoms with van der Waals surface area (Å²) in [4.78, 5) is 16.2. The number of thiazole rings is 1. The lowest BCUT2D eigenvalue weighted by molar-refractivity contribution is 0.0945. The Morgan fingerprint density at radius 3 is 2.81 bits per heavy atom. The zero-order chi connectivity index (χ0) is 15.1. The smallest absolute Gasteiger partial charge is 0.271 e. The molecule has 0 saturated carbocycles. The van der Waals surface area contributed by atoms with Gasteiger partial charge < -0.3 is 15.8 Å². The van der Waals surface area contributed by atoms with Crippen LogP contribution in [-0.4, -0.2) is 17.5 Å². The quantitative estimate of drug-likeness (QED) is 0.821. The first-order valence-electron chi connectivity index (χ1n) is 6.81. The van der Waals surface area contributed by atoms with E-state index < -0.39 is 0 Å². The Labute approximate surface area is 128 Å². The Hall–Kier alpha value is -1.76. The second-order valence-electron chi connectivity index (χ2n) is 4.42. The molecule has 6 heteroatoms. The van der Waals surface area contributed by atoms with Crippen LogP contribution in [-0.2, 0) is 24.4 Å². The van der Waals surface area contributed by atoms with Gasteiger partial charge in [-0.05, 0) is 18.1 Å². The molecule has 0 fully saturated rings. The van der Waals surface area contributed by atoms with E-state index in [1.54, 1.807) is 5.38 Å². The highest BCUT2D eigenvalue weighted by molar-refractivity contribution is 7.09. The van der Waals surface area contributed by atoms with Gasteiger partial charge in [0.15, 0.2) is 0 Å². The molecule has 3 N–H and O–H groups in total. The van der Waals surface area contributed by atoms with Crippen molar-refractivity contribution in [2.75, 3.05) is 6.61 Å². The lowest BCUT2D eigenvalue weighted by Gasteiger charge is -2.10. The lowest BCUT2D eigenvalue weighted by Crippen LogP contribution is -2.24. The fourth-order valence-electron chi connectivity index (χ4n) is 1.86. The summed E-state index contributed by atoms with van der Waals surface area (Å²) in [5, 5.41) is 5.37. The third-order valence-corrected chi connectivity index (χ3v) is 3.85. The fraction of sp³-hybridized carbons (Fsp3) is 0.333. The molecule has 2 rings (SSSR count). The van der Waals surface area contributed by atoms with E-state index in [1.165, 1.54) is 11.3 Å². The van der Waals surface area contributed by atoms with Gasteiger partial charge in [-0.1, -0.05) is 24.3 Å². The Morgan fingerprint density at radius 2 is 2.14 bits per heavy atom. The summed E-state index contributed by atoms with van der Waals surface area (Å²) < 4.78 is 5.43. The highest BCUT2D eigenvalue weighted by Gasteiger charge is 2.10. The van der Waals surface area contributed by atoms with Gasteiger partial charge in [-0.15, -0.1) is 11.3 Å². The van der Waals surface area contributed by atoms with Gasteiger partial charge in [-0.3, -0.25) is 4.79 Å². The molecule has 1 heterocycles. The average molecular weight is 305 g/mol. The Morgan fingerprint density at radius 1 is 1.38 bits per heavy atom. The fourth-order valence-corrected chi connectivity index (χ4v) is 2.51. The van der Waals surface area contributed by atoms with E-state index in [0.717, 1.165) is 16.1 Å². The summed E-state index contributed by atoms with van der Waals surface area (Å²) in [5.41, 5.74) is 8.05. The van der Waals surface area contributed by atoms with Crippen LogP contribution in [0.15, 0.2) is 29.6 Å². The lowest BCUT2D eigenvalue weighted by atomic mass is 10.1. The first-order chi connectivity index (χ1) is 10.2. The number of carbonyl (C=O) groups is 1. The van der Waals surface area contributed by atoms with Crippen molar-refractivity contribution in [3.05, 3.63) is 51.5 Å². The molecule has 0 bridgehead atoms. The van der Waals surface area contributed by atoms with Gasteiger partial charge >= 0.3 is 0 Å². The number of hydrogen-bond acceptors (Lipinski definition) is 5. The Kier molecular flexibility index (Phi) is 5.86. The Bertz CT molecular complexity index is 598. The number of carbonyl (C=O) groups excluding carboxylic acids is 1. The monoisotopic (exact) mass is 305 g/mol. The molecular formula is C15H19N3O2S. The summed E-state index contributed by atoms with van der Waals surface area (Å²) in [6.45, 7) is 3.99. The number of amides is 1. The van der Waals surface area contributed by atoms with Crippen LogP contribution in [0.1, 0.15) is 33.5 Å². The zero-order valence-electron chi connectivity index (χ0n) is 12.0. The van der Waals surface area contributed by atoms with Crippen LogP contribution in [0.3, 0.4) is 0 Å². The van der Waals surface area contributed by atoms with Crippen LogP contribution in [0.5, 0.6) is 0 Å². The summed E-state index contributed by atoms with van der Waals surface area (Å²) >= 11 is 1.40. The van der Waals surface area contributed by atoms with Crippen LogP contribution >= 0.6 is 11.3 Å². The summed E-state index contributed by atoms with van der Waals surface area (Å²) in [6, 6.07) is 7.91. The highest BCUT2D eigenvalue weighted by Crippen LogP contribution is 2.12. The van der Waals surface area contributed by atoms with Crippen molar-refractivity contribution < 1.29 is 9.53 Å². The maximum Gasteiger partial charge on any atom is 0.271 e. The SMILES string of the molecule is CCOCc1ccccc1CNC(=O)c1csc(CN)n1. The van der Waals surface area contributed by atoms with Gasteiger partial charge in [-0.2, -0.15) is 0 Å². The first kappa shape index (κ1) is 15.6. The number of rotatable bonds is 7. The van der Waals surface area contributed by atoms with Crippen molar-refractivity contribution in [2.24, 2.45) is 5.73 Å². The van der Waals surface area contributed by atoms with Gasteiger partial charge in [0.05, 0.1) is 6.61 Å².